The topological polar surface area (TPSA) is 15.3 Å². The van der Waals surface area contributed by atoms with Gasteiger partial charge < -0.3 is 10.2 Å². The van der Waals surface area contributed by atoms with E-state index in [2.05, 4.69) is 61.4 Å². The molecule has 0 spiro atoms. The molecule has 3 atom stereocenters. The molecule has 3 unspecified atom stereocenters. The van der Waals surface area contributed by atoms with Crippen LogP contribution in [-0.2, 0) is 6.42 Å². The van der Waals surface area contributed by atoms with Gasteiger partial charge in [0.25, 0.3) is 0 Å². The van der Waals surface area contributed by atoms with Crippen molar-refractivity contribution in [2.75, 3.05) is 20.1 Å². The first kappa shape index (κ1) is 15.5. The van der Waals surface area contributed by atoms with Crippen LogP contribution in [0, 0.1) is 5.92 Å². The highest BCUT2D eigenvalue weighted by molar-refractivity contribution is 5.16. The van der Waals surface area contributed by atoms with Crippen molar-refractivity contribution < 1.29 is 0 Å². The molecule has 0 radical (unpaired) electrons. The third-order valence-corrected chi connectivity index (χ3v) is 4.79. The molecule has 1 aromatic carbocycles. The van der Waals surface area contributed by atoms with Crippen molar-refractivity contribution in [2.24, 2.45) is 5.92 Å². The van der Waals surface area contributed by atoms with Gasteiger partial charge in [-0.25, -0.2) is 0 Å². The molecule has 0 bridgehead atoms. The van der Waals surface area contributed by atoms with Gasteiger partial charge in [-0.15, -0.1) is 0 Å². The Kier molecular flexibility index (Phi) is 6.06. The number of likely N-dealkylation sites (N-methyl/N-ethyl adjacent to an activating group) is 2. The maximum Gasteiger partial charge on any atom is 0.0263 e. The monoisotopic (exact) mass is 274 g/mol. The Morgan fingerprint density at radius 2 is 1.95 bits per heavy atom. The molecular formula is C18H30N2. The first-order chi connectivity index (χ1) is 9.74. The molecule has 1 N–H and O–H groups in total. The third-order valence-electron chi connectivity index (χ3n) is 4.79. The van der Waals surface area contributed by atoms with Crippen LogP contribution in [-0.4, -0.2) is 37.1 Å². The van der Waals surface area contributed by atoms with E-state index in [-0.39, 0.29) is 0 Å². The summed E-state index contributed by atoms with van der Waals surface area (Å²) in [6.45, 7) is 6.86. The molecule has 1 fully saturated rings. The molecule has 0 aliphatic carbocycles. The van der Waals surface area contributed by atoms with Crippen molar-refractivity contribution in [3.63, 3.8) is 0 Å². The maximum absolute atomic E-state index is 3.72. The van der Waals surface area contributed by atoms with Crippen LogP contribution in [0.3, 0.4) is 0 Å². The first-order valence-corrected chi connectivity index (χ1v) is 8.22. The molecular weight excluding hydrogens is 244 g/mol. The Balaban J connectivity index is 2.01. The van der Waals surface area contributed by atoms with E-state index in [1.807, 2.05) is 0 Å². The standard InChI is InChI=1S/C18H30N2/c1-4-15-11-12-18(20(3)14-15)17(19-5-2)13-16-9-7-6-8-10-16/h6-10,15,17-19H,4-5,11-14H2,1-3H3. The number of hydrogen-bond donors (Lipinski definition) is 1. The van der Waals surface area contributed by atoms with Gasteiger partial charge in [0.15, 0.2) is 0 Å². The van der Waals surface area contributed by atoms with E-state index in [0.717, 1.165) is 18.9 Å². The van der Waals surface area contributed by atoms with E-state index >= 15 is 0 Å². The van der Waals surface area contributed by atoms with E-state index in [9.17, 15) is 0 Å². The van der Waals surface area contributed by atoms with Gasteiger partial charge in [0, 0.05) is 18.6 Å². The molecule has 20 heavy (non-hydrogen) atoms. The summed E-state index contributed by atoms with van der Waals surface area (Å²) in [6, 6.07) is 12.2. The maximum atomic E-state index is 3.72. The van der Waals surface area contributed by atoms with E-state index in [0.29, 0.717) is 12.1 Å². The Morgan fingerprint density at radius 3 is 2.55 bits per heavy atom. The number of nitrogens with one attached hydrogen (secondary N) is 1. The van der Waals surface area contributed by atoms with Gasteiger partial charge in [0.1, 0.15) is 0 Å². The fraction of sp³-hybridized carbons (Fsp3) is 0.667. The summed E-state index contributed by atoms with van der Waals surface area (Å²) in [5.41, 5.74) is 1.45. The molecule has 0 aromatic heterocycles. The zero-order valence-electron chi connectivity index (χ0n) is 13.3. The Labute approximate surface area is 124 Å². The summed E-state index contributed by atoms with van der Waals surface area (Å²) in [7, 11) is 2.31. The van der Waals surface area contributed by atoms with Crippen molar-refractivity contribution in [1.82, 2.24) is 10.2 Å². The lowest BCUT2D eigenvalue weighted by atomic mass is 9.86. The second kappa shape index (κ2) is 7.80. The van der Waals surface area contributed by atoms with E-state index < -0.39 is 0 Å². The fourth-order valence-corrected chi connectivity index (χ4v) is 3.58. The highest BCUT2D eigenvalue weighted by atomic mass is 15.2. The Morgan fingerprint density at radius 1 is 1.20 bits per heavy atom. The van der Waals surface area contributed by atoms with Gasteiger partial charge in [-0.3, -0.25) is 0 Å². The van der Waals surface area contributed by atoms with Crippen LogP contribution in [0.4, 0.5) is 0 Å². The fourth-order valence-electron chi connectivity index (χ4n) is 3.58. The third kappa shape index (κ3) is 4.07. The number of hydrogen-bond acceptors (Lipinski definition) is 2. The van der Waals surface area contributed by atoms with Crippen LogP contribution in [0.2, 0.25) is 0 Å². The van der Waals surface area contributed by atoms with E-state index in [4.69, 9.17) is 0 Å². The molecule has 2 heteroatoms. The SMILES string of the molecule is CCNC(Cc1ccccc1)C1CCC(CC)CN1C. The average molecular weight is 274 g/mol. The van der Waals surface area contributed by atoms with Gasteiger partial charge >= 0.3 is 0 Å². The zero-order valence-corrected chi connectivity index (χ0v) is 13.3. The number of benzene rings is 1. The highest BCUT2D eigenvalue weighted by Crippen LogP contribution is 2.26. The first-order valence-electron chi connectivity index (χ1n) is 8.22. The van der Waals surface area contributed by atoms with Crippen molar-refractivity contribution >= 4 is 0 Å². The van der Waals surface area contributed by atoms with Gasteiger partial charge in [0.05, 0.1) is 0 Å². The average Bonchev–Trinajstić information content (AvgIpc) is 2.48. The molecule has 1 aromatic rings. The van der Waals surface area contributed by atoms with E-state index in [1.165, 1.54) is 31.4 Å². The minimum Gasteiger partial charge on any atom is -0.312 e. The predicted molar refractivity (Wildman–Crippen MR) is 87.0 cm³/mol. The molecule has 1 aliphatic rings. The summed E-state index contributed by atoms with van der Waals surface area (Å²) in [6.07, 6.45) is 5.18. The van der Waals surface area contributed by atoms with Gasteiger partial charge in [0.2, 0.25) is 0 Å². The van der Waals surface area contributed by atoms with Crippen LogP contribution in [0.5, 0.6) is 0 Å². The van der Waals surface area contributed by atoms with Crippen LogP contribution < -0.4 is 5.32 Å². The van der Waals surface area contributed by atoms with E-state index in [1.54, 1.807) is 0 Å². The van der Waals surface area contributed by atoms with Crippen molar-refractivity contribution in [3.8, 4) is 0 Å². The predicted octanol–water partition coefficient (Wildman–Crippen LogP) is 3.33. The van der Waals surface area contributed by atoms with Crippen molar-refractivity contribution in [3.05, 3.63) is 35.9 Å². The minimum atomic E-state index is 0.574. The van der Waals surface area contributed by atoms with Crippen molar-refractivity contribution in [2.45, 2.75) is 51.6 Å². The lowest BCUT2D eigenvalue weighted by molar-refractivity contribution is 0.105. The largest absolute Gasteiger partial charge is 0.312 e. The smallest absolute Gasteiger partial charge is 0.0263 e. The second-order valence-corrected chi connectivity index (χ2v) is 6.21. The summed E-state index contributed by atoms with van der Waals surface area (Å²) in [5.74, 6) is 0.898. The van der Waals surface area contributed by atoms with Gasteiger partial charge in [-0.1, -0.05) is 50.6 Å². The van der Waals surface area contributed by atoms with Crippen LogP contribution >= 0.6 is 0 Å². The number of rotatable bonds is 6. The molecule has 1 saturated heterocycles. The van der Waals surface area contributed by atoms with Gasteiger partial charge in [-0.2, -0.15) is 0 Å². The Bertz CT molecular complexity index is 376. The summed E-state index contributed by atoms with van der Waals surface area (Å²) in [4.78, 5) is 2.59. The zero-order chi connectivity index (χ0) is 14.4. The van der Waals surface area contributed by atoms with Crippen LogP contribution in [0.25, 0.3) is 0 Å². The summed E-state index contributed by atoms with van der Waals surface area (Å²) < 4.78 is 0. The molecule has 2 nitrogen and oxygen atoms in total. The van der Waals surface area contributed by atoms with Crippen LogP contribution in [0.15, 0.2) is 30.3 Å². The molecule has 1 heterocycles. The minimum absolute atomic E-state index is 0.574. The lowest BCUT2D eigenvalue weighted by Gasteiger charge is -2.41. The number of nitrogens with zero attached hydrogens (tertiary/aromatic N) is 1. The summed E-state index contributed by atoms with van der Waals surface area (Å²) in [5, 5.41) is 3.72. The highest BCUT2D eigenvalue weighted by Gasteiger charge is 2.30. The molecule has 1 aliphatic heterocycles. The summed E-state index contributed by atoms with van der Waals surface area (Å²) >= 11 is 0. The number of likely N-dealkylation sites (tertiary alicyclic amines) is 1. The van der Waals surface area contributed by atoms with Crippen molar-refractivity contribution in [1.29, 1.82) is 0 Å². The van der Waals surface area contributed by atoms with Gasteiger partial charge in [-0.05, 0) is 44.3 Å². The second-order valence-electron chi connectivity index (χ2n) is 6.21. The van der Waals surface area contributed by atoms with Crippen LogP contribution in [0.1, 0.15) is 38.7 Å². The lowest BCUT2D eigenvalue weighted by Crippen LogP contribution is -2.53. The molecule has 0 saturated carbocycles. The normalized spacial score (nSPS) is 25.6. The quantitative estimate of drug-likeness (QED) is 0.856. The molecule has 2 rings (SSSR count). The molecule has 112 valence electrons. The Hall–Kier alpha value is -0.860. The number of piperidine rings is 1. The molecule has 0 amide bonds.